The van der Waals surface area contributed by atoms with Gasteiger partial charge in [0.25, 0.3) is 5.91 Å². The standard InChI is InChI=1S/C24H24N4O2/c29-24(18-9-11-21(12-10-18)30-20-6-2-1-3-7-20)28-15-13-27(14-16-28)23-17-19-5-4-8-22(19)25-26-23/h1-3,6-7,9-12,17H,4-5,8,13-16H2. The van der Waals surface area contributed by atoms with Gasteiger partial charge in [-0.25, -0.2) is 0 Å². The van der Waals surface area contributed by atoms with Crippen LogP contribution in [0.5, 0.6) is 11.5 Å². The summed E-state index contributed by atoms with van der Waals surface area (Å²) in [7, 11) is 0. The number of aromatic nitrogens is 2. The molecule has 2 heterocycles. The van der Waals surface area contributed by atoms with Crippen LogP contribution in [-0.4, -0.2) is 47.2 Å². The molecular weight excluding hydrogens is 376 g/mol. The number of ether oxygens (including phenoxy) is 1. The van der Waals surface area contributed by atoms with Gasteiger partial charge in [-0.2, -0.15) is 5.10 Å². The third-order valence-electron chi connectivity index (χ3n) is 5.78. The average molecular weight is 400 g/mol. The highest BCUT2D eigenvalue weighted by Crippen LogP contribution is 2.24. The summed E-state index contributed by atoms with van der Waals surface area (Å²) in [6, 6.07) is 19.2. The van der Waals surface area contributed by atoms with Gasteiger partial charge in [-0.1, -0.05) is 18.2 Å². The second kappa shape index (κ2) is 8.14. The summed E-state index contributed by atoms with van der Waals surface area (Å²) in [5, 5.41) is 8.79. The Kier molecular flexibility index (Phi) is 5.05. The monoisotopic (exact) mass is 400 g/mol. The highest BCUT2D eigenvalue weighted by Gasteiger charge is 2.24. The Morgan fingerprint density at radius 1 is 0.833 bits per heavy atom. The summed E-state index contributed by atoms with van der Waals surface area (Å²) in [6.07, 6.45) is 3.31. The molecule has 0 bridgehead atoms. The van der Waals surface area contributed by atoms with E-state index in [0.29, 0.717) is 18.7 Å². The van der Waals surface area contributed by atoms with Gasteiger partial charge in [0.15, 0.2) is 5.82 Å². The fraction of sp³-hybridized carbons (Fsp3) is 0.292. The molecule has 3 aromatic rings. The van der Waals surface area contributed by atoms with E-state index in [0.717, 1.165) is 48.9 Å². The Bertz CT molecular complexity index is 1030. The highest BCUT2D eigenvalue weighted by atomic mass is 16.5. The van der Waals surface area contributed by atoms with Crippen LogP contribution in [0.1, 0.15) is 28.0 Å². The number of aryl methyl sites for hydroxylation is 2. The van der Waals surface area contributed by atoms with Crippen molar-refractivity contribution in [3.8, 4) is 11.5 Å². The van der Waals surface area contributed by atoms with E-state index in [4.69, 9.17) is 4.74 Å². The molecule has 30 heavy (non-hydrogen) atoms. The molecule has 0 saturated carbocycles. The summed E-state index contributed by atoms with van der Waals surface area (Å²) in [5.74, 6) is 2.49. The number of hydrogen-bond acceptors (Lipinski definition) is 5. The molecule has 2 aliphatic rings. The van der Waals surface area contributed by atoms with Gasteiger partial charge in [0.2, 0.25) is 0 Å². The fourth-order valence-electron chi connectivity index (χ4n) is 4.08. The Morgan fingerprint density at radius 3 is 2.33 bits per heavy atom. The number of benzene rings is 2. The Morgan fingerprint density at radius 2 is 1.57 bits per heavy atom. The minimum Gasteiger partial charge on any atom is -0.457 e. The lowest BCUT2D eigenvalue weighted by atomic mass is 10.1. The van der Waals surface area contributed by atoms with E-state index in [1.54, 1.807) is 0 Å². The van der Waals surface area contributed by atoms with Crippen molar-refractivity contribution < 1.29 is 9.53 Å². The first-order chi connectivity index (χ1) is 14.8. The van der Waals surface area contributed by atoms with Gasteiger partial charge in [-0.15, -0.1) is 5.10 Å². The first kappa shape index (κ1) is 18.6. The molecule has 1 fully saturated rings. The Hall–Kier alpha value is -3.41. The van der Waals surface area contributed by atoms with Gasteiger partial charge in [0, 0.05) is 31.7 Å². The molecule has 2 aromatic carbocycles. The van der Waals surface area contributed by atoms with Gasteiger partial charge in [-0.3, -0.25) is 4.79 Å². The molecule has 6 nitrogen and oxygen atoms in total. The number of amides is 1. The summed E-state index contributed by atoms with van der Waals surface area (Å²) in [5.41, 5.74) is 3.16. The zero-order chi connectivity index (χ0) is 20.3. The van der Waals surface area contributed by atoms with Gasteiger partial charge in [0.05, 0.1) is 5.69 Å². The molecule has 0 N–H and O–H groups in total. The van der Waals surface area contributed by atoms with Crippen LogP contribution in [0.3, 0.4) is 0 Å². The molecule has 0 atom stereocenters. The summed E-state index contributed by atoms with van der Waals surface area (Å²) in [6.45, 7) is 2.91. The van der Waals surface area contributed by atoms with Crippen LogP contribution in [0, 0.1) is 0 Å². The summed E-state index contributed by atoms with van der Waals surface area (Å²) < 4.78 is 5.81. The van der Waals surface area contributed by atoms with Crippen molar-refractivity contribution in [3.63, 3.8) is 0 Å². The molecule has 0 spiro atoms. The Labute approximate surface area is 176 Å². The lowest BCUT2D eigenvalue weighted by Gasteiger charge is -2.35. The second-order valence-corrected chi connectivity index (χ2v) is 7.75. The third kappa shape index (κ3) is 3.85. The maximum absolute atomic E-state index is 12.9. The average Bonchev–Trinajstić information content (AvgIpc) is 3.28. The van der Waals surface area contributed by atoms with E-state index >= 15 is 0 Å². The van der Waals surface area contributed by atoms with Crippen molar-refractivity contribution in [2.24, 2.45) is 0 Å². The number of rotatable bonds is 4. The second-order valence-electron chi connectivity index (χ2n) is 7.75. The van der Waals surface area contributed by atoms with E-state index in [1.807, 2.05) is 59.5 Å². The van der Waals surface area contributed by atoms with Gasteiger partial charge in [-0.05, 0) is 67.3 Å². The largest absolute Gasteiger partial charge is 0.457 e. The highest BCUT2D eigenvalue weighted by molar-refractivity contribution is 5.94. The zero-order valence-electron chi connectivity index (χ0n) is 16.8. The predicted molar refractivity (Wildman–Crippen MR) is 115 cm³/mol. The lowest BCUT2D eigenvalue weighted by Crippen LogP contribution is -2.49. The number of fused-ring (bicyclic) bond motifs is 1. The lowest BCUT2D eigenvalue weighted by molar-refractivity contribution is 0.0746. The van der Waals surface area contributed by atoms with Crippen LogP contribution in [0.25, 0.3) is 0 Å². The minimum atomic E-state index is 0.0564. The van der Waals surface area contributed by atoms with Crippen molar-refractivity contribution in [2.45, 2.75) is 19.3 Å². The number of anilines is 1. The van der Waals surface area contributed by atoms with Crippen molar-refractivity contribution >= 4 is 11.7 Å². The van der Waals surface area contributed by atoms with E-state index < -0.39 is 0 Å². The first-order valence-corrected chi connectivity index (χ1v) is 10.5. The quantitative estimate of drug-likeness (QED) is 0.668. The van der Waals surface area contributed by atoms with Crippen molar-refractivity contribution in [1.29, 1.82) is 0 Å². The third-order valence-corrected chi connectivity index (χ3v) is 5.78. The predicted octanol–water partition coefficient (Wildman–Crippen LogP) is 3.72. The van der Waals surface area contributed by atoms with Gasteiger partial charge < -0.3 is 14.5 Å². The van der Waals surface area contributed by atoms with E-state index in [-0.39, 0.29) is 5.91 Å². The molecule has 1 aliphatic heterocycles. The topological polar surface area (TPSA) is 58.6 Å². The SMILES string of the molecule is O=C(c1ccc(Oc2ccccc2)cc1)N1CCN(c2cc3c(nn2)CCC3)CC1. The summed E-state index contributed by atoms with van der Waals surface area (Å²) >= 11 is 0. The van der Waals surface area contributed by atoms with E-state index in [2.05, 4.69) is 21.2 Å². The fourth-order valence-corrected chi connectivity index (χ4v) is 4.08. The molecule has 6 heteroatoms. The number of hydrogen-bond donors (Lipinski definition) is 0. The number of para-hydroxylation sites is 1. The number of carbonyl (C=O) groups excluding carboxylic acids is 1. The van der Waals surface area contributed by atoms with Crippen molar-refractivity contribution in [1.82, 2.24) is 15.1 Å². The molecule has 1 amide bonds. The molecule has 0 radical (unpaired) electrons. The van der Waals surface area contributed by atoms with E-state index in [1.165, 1.54) is 12.0 Å². The van der Waals surface area contributed by atoms with Crippen LogP contribution >= 0.6 is 0 Å². The smallest absolute Gasteiger partial charge is 0.253 e. The van der Waals surface area contributed by atoms with Gasteiger partial charge in [0.1, 0.15) is 11.5 Å². The van der Waals surface area contributed by atoms with Crippen LogP contribution in [0.4, 0.5) is 5.82 Å². The summed E-state index contributed by atoms with van der Waals surface area (Å²) in [4.78, 5) is 17.0. The van der Waals surface area contributed by atoms with Crippen LogP contribution in [0.2, 0.25) is 0 Å². The van der Waals surface area contributed by atoms with Crippen molar-refractivity contribution in [3.05, 3.63) is 77.5 Å². The maximum Gasteiger partial charge on any atom is 0.253 e. The molecule has 1 aliphatic carbocycles. The molecular formula is C24H24N4O2. The normalized spacial score (nSPS) is 15.7. The van der Waals surface area contributed by atoms with E-state index in [9.17, 15) is 4.79 Å². The number of piperazine rings is 1. The zero-order valence-corrected chi connectivity index (χ0v) is 16.8. The number of nitrogens with zero attached hydrogens (tertiary/aromatic N) is 4. The maximum atomic E-state index is 12.9. The molecule has 152 valence electrons. The van der Waals surface area contributed by atoms with Crippen LogP contribution in [-0.2, 0) is 12.8 Å². The molecule has 1 aromatic heterocycles. The molecule has 0 unspecified atom stereocenters. The molecule has 5 rings (SSSR count). The molecule has 1 saturated heterocycles. The van der Waals surface area contributed by atoms with Crippen LogP contribution in [0.15, 0.2) is 60.7 Å². The minimum absolute atomic E-state index is 0.0564. The van der Waals surface area contributed by atoms with Crippen molar-refractivity contribution in [2.75, 3.05) is 31.1 Å². The van der Waals surface area contributed by atoms with Crippen LogP contribution < -0.4 is 9.64 Å². The first-order valence-electron chi connectivity index (χ1n) is 10.5. The number of carbonyl (C=O) groups is 1. The Balaban J connectivity index is 1.19. The van der Waals surface area contributed by atoms with Gasteiger partial charge >= 0.3 is 0 Å².